The number of hydrogen-bond donors (Lipinski definition) is 1. The first-order valence-corrected chi connectivity index (χ1v) is 5.78. The molecular formula is C14H15FN2O2. The van der Waals surface area contributed by atoms with Gasteiger partial charge in [0.05, 0.1) is 20.4 Å². The van der Waals surface area contributed by atoms with Crippen LogP contribution in [0.1, 0.15) is 5.56 Å². The largest absolute Gasteiger partial charge is 0.493 e. The fourth-order valence-corrected chi connectivity index (χ4v) is 1.70. The number of aromatic nitrogens is 1. The van der Waals surface area contributed by atoms with Crippen LogP contribution in [0.15, 0.2) is 36.7 Å². The van der Waals surface area contributed by atoms with Crippen molar-refractivity contribution in [3.63, 3.8) is 0 Å². The number of halogens is 1. The Morgan fingerprint density at radius 2 is 1.89 bits per heavy atom. The highest BCUT2D eigenvalue weighted by Crippen LogP contribution is 2.29. The first-order valence-electron chi connectivity index (χ1n) is 5.78. The lowest BCUT2D eigenvalue weighted by Gasteiger charge is -2.11. The first kappa shape index (κ1) is 13.1. The van der Waals surface area contributed by atoms with Crippen molar-refractivity contribution in [2.45, 2.75) is 6.54 Å². The summed E-state index contributed by atoms with van der Waals surface area (Å²) in [7, 11) is 3.17. The Labute approximate surface area is 111 Å². The molecule has 19 heavy (non-hydrogen) atoms. The van der Waals surface area contributed by atoms with E-state index >= 15 is 0 Å². The van der Waals surface area contributed by atoms with Gasteiger partial charge in [-0.05, 0) is 23.8 Å². The molecule has 0 aliphatic rings. The summed E-state index contributed by atoms with van der Waals surface area (Å²) >= 11 is 0. The van der Waals surface area contributed by atoms with Crippen molar-refractivity contribution in [2.75, 3.05) is 19.5 Å². The van der Waals surface area contributed by atoms with Gasteiger partial charge in [-0.3, -0.25) is 4.98 Å². The van der Waals surface area contributed by atoms with E-state index in [0.717, 1.165) is 11.3 Å². The Bertz CT molecular complexity index is 561. The number of pyridine rings is 1. The van der Waals surface area contributed by atoms with Crippen LogP contribution in [0.4, 0.5) is 10.1 Å². The van der Waals surface area contributed by atoms with Crippen LogP contribution in [0.3, 0.4) is 0 Å². The summed E-state index contributed by atoms with van der Waals surface area (Å²) in [5.74, 6) is 0.969. The molecule has 2 rings (SSSR count). The third-order valence-corrected chi connectivity index (χ3v) is 2.64. The van der Waals surface area contributed by atoms with Crippen molar-refractivity contribution in [3.05, 3.63) is 48.0 Å². The van der Waals surface area contributed by atoms with Gasteiger partial charge in [-0.1, -0.05) is 0 Å². The van der Waals surface area contributed by atoms with Gasteiger partial charge < -0.3 is 14.8 Å². The fourth-order valence-electron chi connectivity index (χ4n) is 1.70. The van der Waals surface area contributed by atoms with Gasteiger partial charge in [0.2, 0.25) is 0 Å². The van der Waals surface area contributed by atoms with Crippen molar-refractivity contribution in [1.82, 2.24) is 4.98 Å². The normalized spacial score (nSPS) is 10.1. The summed E-state index contributed by atoms with van der Waals surface area (Å²) in [4.78, 5) is 3.80. The molecule has 0 amide bonds. The number of methoxy groups -OCH3 is 2. The van der Waals surface area contributed by atoms with Gasteiger partial charge in [-0.15, -0.1) is 0 Å². The number of nitrogens with zero attached hydrogens (tertiary/aromatic N) is 1. The minimum absolute atomic E-state index is 0.341. The van der Waals surface area contributed by atoms with Crippen molar-refractivity contribution in [2.24, 2.45) is 0 Å². The lowest BCUT2D eigenvalue weighted by atomic mass is 10.2. The number of nitrogens with one attached hydrogen (secondary N) is 1. The highest BCUT2D eigenvalue weighted by atomic mass is 19.1. The highest BCUT2D eigenvalue weighted by molar-refractivity contribution is 5.54. The molecular weight excluding hydrogens is 247 g/mol. The second-order valence-corrected chi connectivity index (χ2v) is 3.93. The zero-order valence-corrected chi connectivity index (χ0v) is 10.8. The van der Waals surface area contributed by atoms with Crippen molar-refractivity contribution in [3.8, 4) is 11.5 Å². The van der Waals surface area contributed by atoms with Gasteiger partial charge in [-0.25, -0.2) is 4.39 Å². The molecule has 0 aliphatic heterocycles. The molecule has 5 heteroatoms. The Hall–Kier alpha value is -2.30. The van der Waals surface area contributed by atoms with Crippen molar-refractivity contribution in [1.29, 1.82) is 0 Å². The average molecular weight is 262 g/mol. The van der Waals surface area contributed by atoms with Crippen LogP contribution in [0.2, 0.25) is 0 Å². The second-order valence-electron chi connectivity index (χ2n) is 3.93. The molecule has 0 fully saturated rings. The molecule has 2 aromatic rings. The quantitative estimate of drug-likeness (QED) is 0.899. The van der Waals surface area contributed by atoms with Gasteiger partial charge in [0, 0.05) is 24.5 Å². The first-order chi connectivity index (χ1) is 9.22. The molecule has 0 saturated carbocycles. The minimum atomic E-state index is -0.341. The van der Waals surface area contributed by atoms with Crippen LogP contribution in [0.5, 0.6) is 11.5 Å². The van der Waals surface area contributed by atoms with E-state index < -0.39 is 0 Å². The van der Waals surface area contributed by atoms with E-state index in [0.29, 0.717) is 18.0 Å². The van der Waals surface area contributed by atoms with Crippen molar-refractivity contribution < 1.29 is 13.9 Å². The minimum Gasteiger partial charge on any atom is -0.493 e. The molecule has 1 aromatic heterocycles. The molecule has 0 radical (unpaired) electrons. The Kier molecular flexibility index (Phi) is 4.18. The van der Waals surface area contributed by atoms with E-state index in [2.05, 4.69) is 10.3 Å². The lowest BCUT2D eigenvalue weighted by molar-refractivity contribution is 0.355. The Morgan fingerprint density at radius 3 is 2.58 bits per heavy atom. The number of ether oxygens (including phenoxy) is 2. The van der Waals surface area contributed by atoms with Gasteiger partial charge in [0.1, 0.15) is 5.82 Å². The Balaban J connectivity index is 2.07. The van der Waals surface area contributed by atoms with Gasteiger partial charge >= 0.3 is 0 Å². The predicted octanol–water partition coefficient (Wildman–Crippen LogP) is 2.85. The molecule has 1 N–H and O–H groups in total. The Morgan fingerprint density at radius 1 is 1.11 bits per heavy atom. The summed E-state index contributed by atoms with van der Waals surface area (Å²) in [6.45, 7) is 0.486. The number of hydrogen-bond acceptors (Lipinski definition) is 4. The molecule has 1 heterocycles. The molecule has 1 aromatic carbocycles. The molecule has 0 atom stereocenters. The summed E-state index contributed by atoms with van der Waals surface area (Å²) in [5.41, 5.74) is 1.64. The van der Waals surface area contributed by atoms with Gasteiger partial charge in [-0.2, -0.15) is 0 Å². The molecule has 0 bridgehead atoms. The van der Waals surface area contributed by atoms with Crippen LogP contribution in [-0.4, -0.2) is 19.2 Å². The fraction of sp³-hybridized carbons (Fsp3) is 0.214. The van der Waals surface area contributed by atoms with Gasteiger partial charge in [0.15, 0.2) is 11.5 Å². The van der Waals surface area contributed by atoms with Crippen LogP contribution in [0, 0.1) is 5.82 Å². The van der Waals surface area contributed by atoms with E-state index in [1.54, 1.807) is 20.4 Å². The lowest BCUT2D eigenvalue weighted by Crippen LogP contribution is -2.01. The molecule has 0 aliphatic carbocycles. The summed E-state index contributed by atoms with van der Waals surface area (Å²) in [5, 5.41) is 3.17. The maximum absolute atomic E-state index is 13.0. The third kappa shape index (κ3) is 3.34. The zero-order valence-electron chi connectivity index (χ0n) is 10.8. The highest BCUT2D eigenvalue weighted by Gasteiger charge is 2.04. The topological polar surface area (TPSA) is 43.4 Å². The van der Waals surface area contributed by atoms with Crippen LogP contribution < -0.4 is 14.8 Å². The monoisotopic (exact) mass is 262 g/mol. The van der Waals surface area contributed by atoms with E-state index in [1.165, 1.54) is 12.3 Å². The third-order valence-electron chi connectivity index (χ3n) is 2.64. The second kappa shape index (κ2) is 6.04. The predicted molar refractivity (Wildman–Crippen MR) is 71.1 cm³/mol. The van der Waals surface area contributed by atoms with E-state index in [9.17, 15) is 4.39 Å². The maximum atomic E-state index is 13.0. The van der Waals surface area contributed by atoms with Gasteiger partial charge in [0.25, 0.3) is 0 Å². The zero-order chi connectivity index (χ0) is 13.7. The standard InChI is InChI=1S/C14H15FN2O2/c1-18-13-4-3-12(6-14(13)19-2)17-8-10-5-11(15)9-16-7-10/h3-7,9,17H,8H2,1-2H3. The van der Waals surface area contributed by atoms with E-state index in [-0.39, 0.29) is 5.82 Å². The molecule has 4 nitrogen and oxygen atoms in total. The molecule has 0 spiro atoms. The van der Waals surface area contributed by atoms with E-state index in [4.69, 9.17) is 9.47 Å². The number of rotatable bonds is 5. The number of anilines is 1. The molecule has 0 unspecified atom stereocenters. The van der Waals surface area contributed by atoms with Crippen LogP contribution in [0.25, 0.3) is 0 Å². The summed E-state index contributed by atoms with van der Waals surface area (Å²) in [6, 6.07) is 6.95. The molecule has 100 valence electrons. The maximum Gasteiger partial charge on any atom is 0.162 e. The SMILES string of the molecule is COc1ccc(NCc2cncc(F)c2)cc1OC. The average Bonchev–Trinajstić information content (AvgIpc) is 2.45. The summed E-state index contributed by atoms with van der Waals surface area (Å²) in [6.07, 6.45) is 2.80. The van der Waals surface area contributed by atoms with Crippen molar-refractivity contribution >= 4 is 5.69 Å². The van der Waals surface area contributed by atoms with Crippen LogP contribution in [-0.2, 0) is 6.54 Å². The smallest absolute Gasteiger partial charge is 0.162 e. The van der Waals surface area contributed by atoms with Crippen LogP contribution >= 0.6 is 0 Å². The molecule has 0 saturated heterocycles. The summed E-state index contributed by atoms with van der Waals surface area (Å²) < 4.78 is 23.4. The van der Waals surface area contributed by atoms with E-state index in [1.807, 2.05) is 18.2 Å². The number of benzene rings is 1.